The van der Waals surface area contributed by atoms with Crippen molar-refractivity contribution in [2.75, 3.05) is 0 Å². The summed E-state index contributed by atoms with van der Waals surface area (Å²) in [6, 6.07) is 0.126. The Morgan fingerprint density at radius 1 is 1.50 bits per heavy atom. The summed E-state index contributed by atoms with van der Waals surface area (Å²) in [5.74, 6) is 5.67. The van der Waals surface area contributed by atoms with E-state index in [4.69, 9.17) is 5.84 Å². The molecule has 6 heteroatoms. The van der Waals surface area contributed by atoms with Crippen LogP contribution in [-0.2, 0) is 6.42 Å². The van der Waals surface area contributed by atoms with Gasteiger partial charge >= 0.3 is 0 Å². The van der Waals surface area contributed by atoms with E-state index in [2.05, 4.69) is 34.3 Å². The van der Waals surface area contributed by atoms with Crippen molar-refractivity contribution in [3.05, 3.63) is 45.4 Å². The van der Waals surface area contributed by atoms with Crippen molar-refractivity contribution < 1.29 is 0 Å². The Hall–Kier alpha value is -1.21. The van der Waals surface area contributed by atoms with Crippen molar-refractivity contribution in [2.24, 2.45) is 5.84 Å². The summed E-state index contributed by atoms with van der Waals surface area (Å²) in [6.07, 6.45) is 4.90. The Bertz CT molecular complexity index is 623. The fourth-order valence-corrected chi connectivity index (χ4v) is 3.69. The van der Waals surface area contributed by atoms with Gasteiger partial charge in [-0.2, -0.15) is 11.3 Å². The van der Waals surface area contributed by atoms with Gasteiger partial charge in [0.15, 0.2) is 4.96 Å². The van der Waals surface area contributed by atoms with Crippen LogP contribution in [0.5, 0.6) is 0 Å². The average Bonchev–Trinajstić information content (AvgIpc) is 3.01. The van der Waals surface area contributed by atoms with E-state index >= 15 is 0 Å². The molecule has 3 rings (SSSR count). The summed E-state index contributed by atoms with van der Waals surface area (Å²) in [4.78, 5) is 5.62. The minimum absolute atomic E-state index is 0.126. The van der Waals surface area contributed by atoms with E-state index in [-0.39, 0.29) is 6.04 Å². The molecule has 0 spiro atoms. The summed E-state index contributed by atoms with van der Waals surface area (Å²) in [7, 11) is 0. The molecular weight excluding hydrogens is 264 g/mol. The van der Waals surface area contributed by atoms with Gasteiger partial charge in [0.25, 0.3) is 0 Å². The Morgan fingerprint density at radius 3 is 3.06 bits per heavy atom. The highest BCUT2D eigenvalue weighted by Gasteiger charge is 2.15. The largest absolute Gasteiger partial charge is 0.297 e. The molecule has 1 unspecified atom stereocenters. The summed E-state index contributed by atoms with van der Waals surface area (Å²) in [5.41, 5.74) is 6.50. The Balaban J connectivity index is 1.86. The lowest BCUT2D eigenvalue weighted by atomic mass is 10.0. The standard InChI is InChI=1S/C12H14N4S2/c1-8-6-17-7-10(8)11(15-13)4-9-5-16-2-3-18-12(16)14-9/h2-3,5-7,11,15H,4,13H2,1H3. The molecule has 0 fully saturated rings. The van der Waals surface area contributed by atoms with E-state index < -0.39 is 0 Å². The third-order valence-corrected chi connectivity index (χ3v) is 4.68. The first-order valence-electron chi connectivity index (χ1n) is 5.68. The van der Waals surface area contributed by atoms with Crippen molar-refractivity contribution in [1.29, 1.82) is 0 Å². The zero-order chi connectivity index (χ0) is 12.5. The second-order valence-electron chi connectivity index (χ2n) is 4.26. The molecule has 0 aliphatic rings. The van der Waals surface area contributed by atoms with E-state index in [1.165, 1.54) is 11.1 Å². The second-order valence-corrected chi connectivity index (χ2v) is 5.88. The fraction of sp³-hybridized carbons (Fsp3) is 0.250. The molecule has 0 saturated carbocycles. The number of hydrogen-bond donors (Lipinski definition) is 2. The zero-order valence-corrected chi connectivity index (χ0v) is 11.6. The van der Waals surface area contributed by atoms with Crippen LogP contribution in [0, 0.1) is 6.92 Å². The minimum atomic E-state index is 0.126. The average molecular weight is 278 g/mol. The van der Waals surface area contributed by atoms with Gasteiger partial charge in [-0.25, -0.2) is 4.98 Å². The molecule has 3 heterocycles. The molecule has 4 nitrogen and oxygen atoms in total. The predicted octanol–water partition coefficient (Wildman–Crippen LogP) is 2.51. The first-order chi connectivity index (χ1) is 8.78. The van der Waals surface area contributed by atoms with Crippen molar-refractivity contribution in [2.45, 2.75) is 19.4 Å². The van der Waals surface area contributed by atoms with Crippen molar-refractivity contribution in [3.8, 4) is 0 Å². The molecule has 0 amide bonds. The quantitative estimate of drug-likeness (QED) is 0.569. The van der Waals surface area contributed by atoms with E-state index in [0.29, 0.717) is 0 Å². The highest BCUT2D eigenvalue weighted by atomic mass is 32.1. The third-order valence-electron chi connectivity index (χ3n) is 3.03. The molecule has 0 aliphatic heterocycles. The number of hydrazine groups is 1. The predicted molar refractivity (Wildman–Crippen MR) is 75.9 cm³/mol. The number of thiophene rings is 1. The van der Waals surface area contributed by atoms with Gasteiger partial charge in [0, 0.05) is 24.2 Å². The monoisotopic (exact) mass is 278 g/mol. The van der Waals surface area contributed by atoms with Crippen LogP contribution in [0.1, 0.15) is 22.9 Å². The molecule has 0 aromatic carbocycles. The Kier molecular flexibility index (Phi) is 3.17. The van der Waals surface area contributed by atoms with Crippen LogP contribution in [0.15, 0.2) is 28.5 Å². The van der Waals surface area contributed by atoms with Gasteiger partial charge in [-0.1, -0.05) is 0 Å². The lowest BCUT2D eigenvalue weighted by Gasteiger charge is -2.14. The molecular formula is C12H14N4S2. The number of imidazole rings is 1. The van der Waals surface area contributed by atoms with Crippen LogP contribution in [0.4, 0.5) is 0 Å². The minimum Gasteiger partial charge on any atom is -0.297 e. The van der Waals surface area contributed by atoms with Crippen molar-refractivity contribution >= 4 is 27.6 Å². The van der Waals surface area contributed by atoms with E-state index in [9.17, 15) is 0 Å². The number of hydrogen-bond acceptors (Lipinski definition) is 5. The van der Waals surface area contributed by atoms with Gasteiger partial charge < -0.3 is 0 Å². The number of rotatable bonds is 4. The van der Waals surface area contributed by atoms with Crippen molar-refractivity contribution in [1.82, 2.24) is 14.8 Å². The van der Waals surface area contributed by atoms with E-state index in [1.807, 2.05) is 16.0 Å². The summed E-state index contributed by atoms with van der Waals surface area (Å²) < 4.78 is 2.05. The van der Waals surface area contributed by atoms with E-state index in [0.717, 1.165) is 17.1 Å². The van der Waals surface area contributed by atoms with Crippen LogP contribution in [0.25, 0.3) is 4.96 Å². The SMILES string of the molecule is Cc1cscc1C(Cc1cn2ccsc2n1)NN. The topological polar surface area (TPSA) is 55.3 Å². The van der Waals surface area contributed by atoms with Gasteiger partial charge in [-0.15, -0.1) is 11.3 Å². The molecule has 1 atom stereocenters. The lowest BCUT2D eigenvalue weighted by Crippen LogP contribution is -2.29. The number of nitrogens with two attached hydrogens (primary N) is 1. The maximum Gasteiger partial charge on any atom is 0.193 e. The van der Waals surface area contributed by atoms with Crippen LogP contribution >= 0.6 is 22.7 Å². The highest BCUT2D eigenvalue weighted by molar-refractivity contribution is 7.15. The Labute approximate surface area is 113 Å². The van der Waals surface area contributed by atoms with Gasteiger partial charge in [0.1, 0.15) is 0 Å². The first-order valence-corrected chi connectivity index (χ1v) is 7.50. The number of aromatic nitrogens is 2. The van der Waals surface area contributed by atoms with Gasteiger partial charge in [0.2, 0.25) is 0 Å². The third kappa shape index (κ3) is 2.08. The fourth-order valence-electron chi connectivity index (χ4n) is 2.07. The molecule has 3 N–H and O–H groups in total. The number of nitrogens with zero attached hydrogens (tertiary/aromatic N) is 2. The van der Waals surface area contributed by atoms with Gasteiger partial charge in [-0.3, -0.25) is 15.7 Å². The Morgan fingerprint density at radius 2 is 2.39 bits per heavy atom. The summed E-state index contributed by atoms with van der Waals surface area (Å²) in [5, 5.41) is 6.33. The molecule has 18 heavy (non-hydrogen) atoms. The summed E-state index contributed by atoms with van der Waals surface area (Å²) >= 11 is 3.35. The van der Waals surface area contributed by atoms with Gasteiger partial charge in [0.05, 0.1) is 11.7 Å². The van der Waals surface area contributed by atoms with E-state index in [1.54, 1.807) is 22.7 Å². The van der Waals surface area contributed by atoms with Crippen molar-refractivity contribution in [3.63, 3.8) is 0 Å². The number of fused-ring (bicyclic) bond motifs is 1. The normalized spacial score (nSPS) is 13.2. The number of aryl methyl sites for hydroxylation is 1. The maximum atomic E-state index is 5.67. The van der Waals surface area contributed by atoms with Crippen LogP contribution in [0.2, 0.25) is 0 Å². The lowest BCUT2D eigenvalue weighted by molar-refractivity contribution is 0.546. The maximum absolute atomic E-state index is 5.67. The number of nitrogens with one attached hydrogen (secondary N) is 1. The molecule has 0 aliphatic carbocycles. The van der Waals surface area contributed by atoms with Crippen LogP contribution in [-0.4, -0.2) is 9.38 Å². The molecule has 0 radical (unpaired) electrons. The molecule has 0 bridgehead atoms. The molecule has 94 valence electrons. The molecule has 3 aromatic heterocycles. The smallest absolute Gasteiger partial charge is 0.193 e. The molecule has 0 saturated heterocycles. The van der Waals surface area contributed by atoms with Gasteiger partial charge in [-0.05, 0) is 28.8 Å². The molecule has 3 aromatic rings. The number of thiazole rings is 1. The summed E-state index contributed by atoms with van der Waals surface area (Å²) in [6.45, 7) is 2.11. The zero-order valence-electron chi connectivity index (χ0n) is 9.96. The van der Waals surface area contributed by atoms with Crippen LogP contribution in [0.3, 0.4) is 0 Å². The second kappa shape index (κ2) is 4.81. The highest BCUT2D eigenvalue weighted by Crippen LogP contribution is 2.24. The first kappa shape index (κ1) is 11.9. The van der Waals surface area contributed by atoms with Crippen LogP contribution < -0.4 is 11.3 Å².